The minimum Gasteiger partial charge on any atom is -0.507 e. The summed E-state index contributed by atoms with van der Waals surface area (Å²) in [5.74, 6) is -10.9. The van der Waals surface area contributed by atoms with Gasteiger partial charge in [0.15, 0.2) is 9.75 Å². The summed E-state index contributed by atoms with van der Waals surface area (Å²) in [6.45, 7) is 0. The van der Waals surface area contributed by atoms with Crippen LogP contribution < -0.4 is 9.80 Å². The van der Waals surface area contributed by atoms with E-state index >= 15 is 0 Å². The Morgan fingerprint density at radius 1 is 0.722 bits per heavy atom. The molecule has 2 heterocycles. The van der Waals surface area contributed by atoms with Gasteiger partial charge in [-0.05, 0) is 66.6 Å². The van der Waals surface area contributed by atoms with Gasteiger partial charge in [0.2, 0.25) is 11.8 Å². The molecule has 2 aliphatic heterocycles. The molecule has 2 aliphatic carbocycles. The first-order valence-electron chi connectivity index (χ1n) is 16.4. The molecule has 54 heavy (non-hydrogen) atoms. The maximum absolute atomic E-state index is 14.6. The summed E-state index contributed by atoms with van der Waals surface area (Å²) in [4.78, 5) is 53.4. The van der Waals surface area contributed by atoms with Crippen LogP contribution in [0.15, 0.2) is 90.5 Å². The molecule has 16 heteroatoms. The minimum absolute atomic E-state index is 0.0200. The van der Waals surface area contributed by atoms with E-state index in [0.29, 0.717) is 15.7 Å². The highest BCUT2D eigenvalue weighted by Gasteiger charge is 2.77. The number of carbonyl (C=O) groups excluding carboxylic acids is 4. The van der Waals surface area contributed by atoms with Crippen LogP contribution in [0.5, 0.6) is 5.75 Å². The fourth-order valence-electron chi connectivity index (χ4n) is 8.57. The first kappa shape index (κ1) is 36.0. The molecule has 2 saturated heterocycles. The Labute approximate surface area is 310 Å². The van der Waals surface area contributed by atoms with Crippen molar-refractivity contribution in [2.45, 2.75) is 40.9 Å². The predicted octanol–water partition coefficient (Wildman–Crippen LogP) is 8.49. The molecule has 4 amide bonds. The topological polar surface area (TPSA) is 95.0 Å². The molecule has 0 aromatic heterocycles. The Morgan fingerprint density at radius 2 is 1.35 bits per heavy atom. The van der Waals surface area contributed by atoms with Gasteiger partial charge in [-0.2, -0.15) is 26.3 Å². The van der Waals surface area contributed by atoms with Crippen molar-refractivity contribution < 1.29 is 55.0 Å². The maximum atomic E-state index is 14.6. The summed E-state index contributed by atoms with van der Waals surface area (Å²) in [6.07, 6.45) is -9.91. The largest absolute Gasteiger partial charge is 0.507 e. The number of nitrogens with zero attached hydrogens (tertiary/aromatic N) is 2. The van der Waals surface area contributed by atoms with E-state index in [1.54, 1.807) is 30.3 Å². The van der Waals surface area contributed by atoms with Crippen LogP contribution in [-0.2, 0) is 31.5 Å². The fourth-order valence-corrected chi connectivity index (χ4v) is 9.50. The number of benzene rings is 4. The molecule has 4 aliphatic rings. The lowest BCUT2D eigenvalue weighted by Crippen LogP contribution is -2.60. The van der Waals surface area contributed by atoms with Gasteiger partial charge in [0.1, 0.15) is 11.6 Å². The molecule has 1 saturated carbocycles. The van der Waals surface area contributed by atoms with Crippen molar-refractivity contribution in [3.05, 3.63) is 113 Å². The van der Waals surface area contributed by atoms with Crippen LogP contribution in [0, 0.1) is 23.6 Å². The number of rotatable bonds is 3. The quantitative estimate of drug-likeness (QED) is 0.0973. The molecule has 3 fully saturated rings. The molecule has 0 unspecified atom stereocenters. The van der Waals surface area contributed by atoms with E-state index < -0.39 is 98.5 Å². The molecule has 1 N–H and O–H groups in total. The molecule has 4 aromatic carbocycles. The van der Waals surface area contributed by atoms with E-state index in [-0.39, 0.29) is 52.1 Å². The van der Waals surface area contributed by atoms with E-state index in [0.717, 1.165) is 24.3 Å². The highest BCUT2D eigenvalue weighted by molar-refractivity contribution is 6.58. The number of hydrogen-bond acceptors (Lipinski definition) is 5. The fraction of sp³-hybridized carbons (Fsp3) is 0.263. The number of phenolic OH excluding ortho intramolecular Hbond substituents is 1. The normalized spacial score (nSPS) is 28.4. The van der Waals surface area contributed by atoms with Crippen LogP contribution in [0.3, 0.4) is 0 Å². The lowest BCUT2D eigenvalue weighted by molar-refractivity contribution is -0.143. The van der Waals surface area contributed by atoms with E-state index in [1.807, 2.05) is 0 Å². The molecule has 7 nitrogen and oxygen atoms in total. The summed E-state index contributed by atoms with van der Waals surface area (Å²) < 4.78 is 96.9. The third-order valence-electron chi connectivity index (χ3n) is 11.0. The SMILES string of the molecule is O=C1[C@H]2[C@H](CC=C3[C@H]2C[C@@]2(Cl)C(=O)N(c4ccc(F)cc4)C(=O)[C@@]2(Cl)[C@H]3c2ccc3ccccc3c2O)C(=O)N1c1cc(C(F)(F)F)cc(C(F)(F)F)c1. The Bertz CT molecular complexity index is 2330. The first-order chi connectivity index (χ1) is 25.3. The van der Waals surface area contributed by atoms with Crippen molar-refractivity contribution >= 4 is 69.0 Å². The zero-order chi connectivity index (χ0) is 38.9. The van der Waals surface area contributed by atoms with Crippen LogP contribution in [0.2, 0.25) is 0 Å². The van der Waals surface area contributed by atoms with E-state index in [4.69, 9.17) is 23.2 Å². The van der Waals surface area contributed by atoms with Crippen molar-refractivity contribution in [3.63, 3.8) is 0 Å². The monoisotopic (exact) mass is 790 g/mol. The average molecular weight is 792 g/mol. The number of anilines is 2. The second-order valence-corrected chi connectivity index (χ2v) is 15.0. The Morgan fingerprint density at radius 3 is 1.98 bits per heavy atom. The Hall–Kier alpha value is -4.95. The van der Waals surface area contributed by atoms with Crippen LogP contribution in [-0.4, -0.2) is 38.5 Å². The van der Waals surface area contributed by atoms with Gasteiger partial charge in [0.25, 0.3) is 11.8 Å². The Kier molecular flexibility index (Phi) is 7.86. The molecule has 0 bridgehead atoms. The van der Waals surface area contributed by atoms with Crippen molar-refractivity contribution in [2.75, 3.05) is 9.80 Å². The predicted molar refractivity (Wildman–Crippen MR) is 181 cm³/mol. The van der Waals surface area contributed by atoms with Gasteiger partial charge >= 0.3 is 12.4 Å². The van der Waals surface area contributed by atoms with E-state index in [9.17, 15) is 55.0 Å². The average Bonchev–Trinajstić information content (AvgIpc) is 3.46. The summed E-state index contributed by atoms with van der Waals surface area (Å²) in [6, 6.07) is 14.4. The van der Waals surface area contributed by atoms with Gasteiger partial charge < -0.3 is 5.11 Å². The van der Waals surface area contributed by atoms with Gasteiger partial charge in [-0.25, -0.2) is 14.2 Å². The van der Waals surface area contributed by atoms with Crippen LogP contribution >= 0.6 is 23.2 Å². The summed E-state index contributed by atoms with van der Waals surface area (Å²) in [5, 5.41) is 12.6. The Balaban J connectivity index is 1.30. The molecule has 0 radical (unpaired) electrons. The molecule has 6 atom stereocenters. The van der Waals surface area contributed by atoms with Gasteiger partial charge in [0, 0.05) is 16.9 Å². The van der Waals surface area contributed by atoms with Gasteiger partial charge in [-0.3, -0.25) is 19.2 Å². The number of hydrogen-bond donors (Lipinski definition) is 1. The number of phenols is 1. The highest BCUT2D eigenvalue weighted by atomic mass is 35.5. The molecule has 4 aromatic rings. The lowest BCUT2D eigenvalue weighted by Gasteiger charge is -2.50. The van der Waals surface area contributed by atoms with Crippen molar-refractivity contribution in [1.82, 2.24) is 0 Å². The second-order valence-electron chi connectivity index (χ2n) is 13.8. The maximum Gasteiger partial charge on any atom is 0.416 e. The van der Waals surface area contributed by atoms with Crippen molar-refractivity contribution in [3.8, 4) is 5.75 Å². The summed E-state index contributed by atoms with van der Waals surface area (Å²) in [5.41, 5.74) is -4.31. The lowest BCUT2D eigenvalue weighted by atomic mass is 9.56. The second kappa shape index (κ2) is 11.8. The van der Waals surface area contributed by atoms with Crippen LogP contribution in [0.4, 0.5) is 42.1 Å². The van der Waals surface area contributed by atoms with Gasteiger partial charge in [-0.1, -0.05) is 48.0 Å². The minimum atomic E-state index is -5.28. The van der Waals surface area contributed by atoms with E-state index in [1.165, 1.54) is 12.1 Å². The number of aromatic hydroxyl groups is 1. The van der Waals surface area contributed by atoms with Crippen LogP contribution in [0.25, 0.3) is 10.8 Å². The summed E-state index contributed by atoms with van der Waals surface area (Å²) >= 11 is 14.6. The third kappa shape index (κ3) is 4.94. The number of imide groups is 2. The number of halogens is 9. The standard InChI is InChI=1S/C38H23Cl2F7N2O5/c39-35-16-27-24(11-12-25-28(27)32(52)48(31(25)51)22-14-18(37(42,43)44)13-19(15-22)38(45,46)47)29(26-10-5-17-3-1-2-4-23(17)30(26)50)36(35,40)34(54)49(33(35)53)21-8-6-20(41)7-9-21/h1-11,13-15,25,27-29,50H,12,16H2/t25-,27+,28-,29+,35+,36-/m0/s1. The smallest absolute Gasteiger partial charge is 0.416 e. The zero-order valence-corrected chi connectivity index (χ0v) is 28.7. The molecule has 0 spiro atoms. The zero-order valence-electron chi connectivity index (χ0n) is 27.2. The van der Waals surface area contributed by atoms with E-state index in [2.05, 4.69) is 0 Å². The third-order valence-corrected chi connectivity index (χ3v) is 12.4. The van der Waals surface area contributed by atoms with Gasteiger partial charge in [0.05, 0.1) is 34.3 Å². The number of alkyl halides is 8. The van der Waals surface area contributed by atoms with Crippen LogP contribution in [0.1, 0.15) is 35.4 Å². The molecular weight excluding hydrogens is 768 g/mol. The number of carbonyl (C=O) groups is 4. The number of fused-ring (bicyclic) bond motifs is 5. The number of allylic oxidation sites excluding steroid dienone is 2. The van der Waals surface area contributed by atoms with Crippen molar-refractivity contribution in [2.24, 2.45) is 17.8 Å². The molecule has 278 valence electrons. The first-order valence-corrected chi connectivity index (χ1v) is 17.1. The highest BCUT2D eigenvalue weighted by Crippen LogP contribution is 2.67. The molecular formula is C38H23Cl2F7N2O5. The number of amides is 4. The summed E-state index contributed by atoms with van der Waals surface area (Å²) in [7, 11) is 0. The van der Waals surface area contributed by atoms with Crippen molar-refractivity contribution in [1.29, 1.82) is 0 Å². The van der Waals surface area contributed by atoms with Gasteiger partial charge in [-0.15, -0.1) is 23.2 Å². The molecule has 8 rings (SSSR count).